The van der Waals surface area contributed by atoms with E-state index < -0.39 is 58.4 Å². The predicted molar refractivity (Wildman–Crippen MR) is 150 cm³/mol. The Bertz CT molecular complexity index is 646. The van der Waals surface area contributed by atoms with Gasteiger partial charge < -0.3 is 24.6 Å². The molecule has 3 atom stereocenters. The van der Waals surface area contributed by atoms with E-state index in [2.05, 4.69) is 6.92 Å². The van der Waals surface area contributed by atoms with Crippen LogP contribution in [0.1, 0.15) is 129 Å². The highest BCUT2D eigenvalue weighted by Crippen LogP contribution is 2.43. The summed E-state index contributed by atoms with van der Waals surface area (Å²) in [5.41, 5.74) is 0. The van der Waals surface area contributed by atoms with E-state index in [-0.39, 0.29) is 12.8 Å². The number of unbranched alkanes of at least 4 members (excludes halogenated alkanes) is 14. The zero-order valence-corrected chi connectivity index (χ0v) is 25.3. The molecule has 0 saturated heterocycles. The highest BCUT2D eigenvalue weighted by Gasteiger charge is 2.27. The van der Waals surface area contributed by atoms with Crippen LogP contribution in [0.25, 0.3) is 0 Å². The highest BCUT2D eigenvalue weighted by molar-refractivity contribution is 7.47. The van der Waals surface area contributed by atoms with E-state index in [4.69, 9.17) is 18.5 Å². The number of carbonyl (C=O) groups is 2. The van der Waals surface area contributed by atoms with Crippen molar-refractivity contribution in [3.8, 4) is 0 Å². The molecular weight excluding hydrogens is 527 g/mol. The van der Waals surface area contributed by atoms with Gasteiger partial charge in [0.25, 0.3) is 0 Å². The van der Waals surface area contributed by atoms with Gasteiger partial charge in [0, 0.05) is 12.8 Å². The van der Waals surface area contributed by atoms with E-state index in [1.54, 1.807) is 0 Å². The van der Waals surface area contributed by atoms with E-state index in [1.165, 1.54) is 64.2 Å². The molecule has 232 valence electrons. The molecule has 0 fully saturated rings. The van der Waals surface area contributed by atoms with Gasteiger partial charge in [-0.05, 0) is 12.8 Å². The lowest BCUT2D eigenvalue weighted by Crippen LogP contribution is -2.28. The third kappa shape index (κ3) is 24.5. The summed E-state index contributed by atoms with van der Waals surface area (Å²) in [7, 11) is -4.59. The van der Waals surface area contributed by atoms with Crippen LogP contribution in [-0.2, 0) is 32.7 Å². The van der Waals surface area contributed by atoms with Crippen LogP contribution in [0.4, 0.5) is 0 Å². The summed E-state index contributed by atoms with van der Waals surface area (Å²) in [6.45, 7) is 1.88. The summed E-state index contributed by atoms with van der Waals surface area (Å²) in [5, 5.41) is 18.7. The fourth-order valence-corrected chi connectivity index (χ4v) is 4.70. The van der Waals surface area contributed by atoms with Gasteiger partial charge in [0.05, 0.1) is 26.4 Å². The SMILES string of the molecule is CCCCCCCCCCCCCCCCC(=O)OC(CO)COP(=O)(O)OCC(CO)OC(=O)CCCC. The second-order valence-corrected chi connectivity index (χ2v) is 11.6. The normalized spacial score (nSPS) is 14.5. The topological polar surface area (TPSA) is 149 Å². The zero-order chi connectivity index (χ0) is 29.2. The first-order chi connectivity index (χ1) is 18.8. The van der Waals surface area contributed by atoms with Crippen LogP contribution in [0.2, 0.25) is 0 Å². The molecule has 0 bridgehead atoms. The summed E-state index contributed by atoms with van der Waals surface area (Å²) >= 11 is 0. The molecule has 0 radical (unpaired) electrons. The second-order valence-electron chi connectivity index (χ2n) is 10.1. The largest absolute Gasteiger partial charge is 0.472 e. The number of aliphatic hydroxyl groups excluding tert-OH is 2. The van der Waals surface area contributed by atoms with Crippen LogP contribution in [-0.4, -0.2) is 65.7 Å². The van der Waals surface area contributed by atoms with E-state index in [9.17, 15) is 29.3 Å². The number of hydrogen-bond acceptors (Lipinski definition) is 9. The number of aliphatic hydroxyl groups is 2. The fraction of sp³-hybridized carbons (Fsp3) is 0.929. The first-order valence-electron chi connectivity index (χ1n) is 15.0. The van der Waals surface area contributed by atoms with Crippen LogP contribution in [0, 0.1) is 0 Å². The number of phosphoric ester groups is 1. The van der Waals surface area contributed by atoms with Crippen molar-refractivity contribution in [2.45, 2.75) is 142 Å². The summed E-state index contributed by atoms with van der Waals surface area (Å²) < 4.78 is 31.8. The number of phosphoric acid groups is 1. The average Bonchev–Trinajstić information content (AvgIpc) is 2.92. The lowest BCUT2D eigenvalue weighted by Gasteiger charge is -2.20. The molecule has 0 aromatic heterocycles. The minimum absolute atomic E-state index is 0.170. The minimum Gasteiger partial charge on any atom is -0.457 e. The van der Waals surface area contributed by atoms with Crippen LogP contribution in [0.5, 0.6) is 0 Å². The smallest absolute Gasteiger partial charge is 0.457 e. The van der Waals surface area contributed by atoms with E-state index in [0.717, 1.165) is 25.7 Å². The van der Waals surface area contributed by atoms with Crippen molar-refractivity contribution in [1.29, 1.82) is 0 Å². The molecule has 3 N–H and O–H groups in total. The molecule has 0 amide bonds. The van der Waals surface area contributed by atoms with Gasteiger partial charge in [-0.2, -0.15) is 0 Å². The Morgan fingerprint density at radius 3 is 1.28 bits per heavy atom. The molecule has 0 saturated carbocycles. The number of carbonyl (C=O) groups excluding carboxylic acids is 2. The molecule has 0 aliphatic carbocycles. The first-order valence-corrected chi connectivity index (χ1v) is 16.5. The van der Waals surface area contributed by atoms with Gasteiger partial charge in [0.15, 0.2) is 0 Å². The quantitative estimate of drug-likeness (QED) is 0.0570. The van der Waals surface area contributed by atoms with Crippen LogP contribution in [0.3, 0.4) is 0 Å². The fourth-order valence-electron chi connectivity index (χ4n) is 3.91. The molecular formula is C28H55O10P. The Hall–Kier alpha value is -1.03. The molecule has 0 aliphatic rings. The molecule has 0 spiro atoms. The number of hydrogen-bond donors (Lipinski definition) is 3. The lowest BCUT2D eigenvalue weighted by atomic mass is 10.0. The maximum absolute atomic E-state index is 12.1. The van der Waals surface area contributed by atoms with Crippen LogP contribution < -0.4 is 0 Å². The molecule has 10 nitrogen and oxygen atoms in total. The van der Waals surface area contributed by atoms with Crippen molar-refractivity contribution in [3.05, 3.63) is 0 Å². The van der Waals surface area contributed by atoms with Crippen molar-refractivity contribution in [1.82, 2.24) is 0 Å². The molecule has 0 rings (SSSR count). The standard InChI is InChI=1S/C28H55O10P/c1-3-5-7-8-9-10-11-12-13-14-15-16-17-18-20-28(32)38-26(22-30)24-36-39(33,34)35-23-25(21-29)37-27(31)19-6-4-2/h25-26,29-30H,3-24H2,1-2H3,(H,33,34). The Balaban J connectivity index is 3.93. The molecule has 39 heavy (non-hydrogen) atoms. The Labute approximate surface area is 235 Å². The van der Waals surface area contributed by atoms with Crippen LogP contribution in [0.15, 0.2) is 0 Å². The van der Waals surface area contributed by atoms with E-state index >= 15 is 0 Å². The van der Waals surface area contributed by atoms with Gasteiger partial charge in [-0.3, -0.25) is 18.6 Å². The van der Waals surface area contributed by atoms with Crippen LogP contribution >= 0.6 is 7.82 Å². The second kappa shape index (κ2) is 25.9. The van der Waals surface area contributed by atoms with Crippen molar-refractivity contribution >= 4 is 19.8 Å². The Kier molecular flexibility index (Phi) is 25.2. The van der Waals surface area contributed by atoms with Crippen molar-refractivity contribution in [3.63, 3.8) is 0 Å². The predicted octanol–water partition coefficient (Wildman–Crippen LogP) is 5.99. The zero-order valence-electron chi connectivity index (χ0n) is 24.4. The van der Waals surface area contributed by atoms with Gasteiger partial charge in [-0.25, -0.2) is 4.57 Å². The Morgan fingerprint density at radius 2 is 0.923 bits per heavy atom. The van der Waals surface area contributed by atoms with Gasteiger partial charge in [0.2, 0.25) is 0 Å². The molecule has 0 aromatic carbocycles. The molecule has 0 aliphatic heterocycles. The average molecular weight is 583 g/mol. The first kappa shape index (κ1) is 38.0. The summed E-state index contributed by atoms with van der Waals surface area (Å²) in [6, 6.07) is 0. The number of esters is 2. The maximum atomic E-state index is 12.1. The van der Waals surface area contributed by atoms with Gasteiger partial charge in [-0.15, -0.1) is 0 Å². The monoisotopic (exact) mass is 582 g/mol. The molecule has 3 unspecified atom stereocenters. The third-order valence-electron chi connectivity index (χ3n) is 6.32. The van der Waals surface area contributed by atoms with E-state index in [1.807, 2.05) is 6.92 Å². The highest BCUT2D eigenvalue weighted by atomic mass is 31.2. The molecule has 0 aromatic rings. The molecule has 0 heterocycles. The number of rotatable bonds is 28. The van der Waals surface area contributed by atoms with Gasteiger partial charge >= 0.3 is 19.8 Å². The van der Waals surface area contributed by atoms with Crippen molar-refractivity contribution < 1.29 is 47.8 Å². The van der Waals surface area contributed by atoms with Gasteiger partial charge in [-0.1, -0.05) is 104 Å². The van der Waals surface area contributed by atoms with Crippen molar-refractivity contribution in [2.75, 3.05) is 26.4 Å². The lowest BCUT2D eigenvalue weighted by molar-refractivity contribution is -0.153. The summed E-state index contributed by atoms with van der Waals surface area (Å²) in [5.74, 6) is -1.05. The van der Waals surface area contributed by atoms with Crippen molar-refractivity contribution in [2.24, 2.45) is 0 Å². The Morgan fingerprint density at radius 1 is 0.590 bits per heavy atom. The summed E-state index contributed by atoms with van der Waals surface area (Å²) in [4.78, 5) is 33.5. The number of ether oxygens (including phenoxy) is 2. The van der Waals surface area contributed by atoms with E-state index in [0.29, 0.717) is 12.8 Å². The minimum atomic E-state index is -4.59. The van der Waals surface area contributed by atoms with Gasteiger partial charge in [0.1, 0.15) is 12.2 Å². The maximum Gasteiger partial charge on any atom is 0.472 e. The summed E-state index contributed by atoms with van der Waals surface area (Å²) in [6.07, 6.45) is 16.5. The third-order valence-corrected chi connectivity index (χ3v) is 7.27. The molecule has 11 heteroatoms.